The molecule has 7 heteroatoms. The zero-order chi connectivity index (χ0) is 15.5. The molecular formula is C14H23N5O2. The molecule has 1 aliphatic heterocycles. The van der Waals surface area contributed by atoms with Crippen LogP contribution in [-0.4, -0.2) is 40.8 Å². The summed E-state index contributed by atoms with van der Waals surface area (Å²) in [6.45, 7) is 9.13. The highest BCUT2D eigenvalue weighted by molar-refractivity contribution is 6.03. The molecule has 3 N–H and O–H groups in total. The lowest BCUT2D eigenvalue weighted by Crippen LogP contribution is -2.41. The number of aromatic nitrogens is 2. The minimum atomic E-state index is -0.305. The van der Waals surface area contributed by atoms with Crippen LogP contribution in [0.15, 0.2) is 11.1 Å². The van der Waals surface area contributed by atoms with Gasteiger partial charge >= 0.3 is 0 Å². The Bertz CT molecular complexity index is 526. The lowest BCUT2D eigenvalue weighted by atomic mass is 10.0. The molecule has 0 radical (unpaired) electrons. The molecular weight excluding hydrogens is 270 g/mol. The number of amides is 1. The second-order valence-electron chi connectivity index (χ2n) is 6.35. The standard InChI is InChI=1S/C14H23N5O2/c1-9-5-11(19-18-9)15-13(17-14(2,3)4)16-12(20)6-10-7-21-8-10/h5,10H,6-8H2,1-4H3,(H3,15,16,17,18,19,20). The molecule has 116 valence electrons. The molecule has 1 aromatic heterocycles. The first kappa shape index (κ1) is 15.5. The Morgan fingerprint density at radius 1 is 1.52 bits per heavy atom. The Morgan fingerprint density at radius 3 is 2.71 bits per heavy atom. The van der Waals surface area contributed by atoms with Crippen LogP contribution in [0.5, 0.6) is 0 Å². The van der Waals surface area contributed by atoms with Crippen LogP contribution in [0.25, 0.3) is 0 Å². The van der Waals surface area contributed by atoms with E-state index in [9.17, 15) is 4.79 Å². The number of hydrogen-bond acceptors (Lipinski definition) is 4. The number of rotatable bonds is 3. The third-order valence-corrected chi connectivity index (χ3v) is 2.84. The fourth-order valence-corrected chi connectivity index (χ4v) is 1.87. The second kappa shape index (κ2) is 6.26. The summed E-state index contributed by atoms with van der Waals surface area (Å²) in [6.07, 6.45) is 0.449. The Balaban J connectivity index is 2.01. The van der Waals surface area contributed by atoms with Crippen LogP contribution in [0.4, 0.5) is 5.82 Å². The summed E-state index contributed by atoms with van der Waals surface area (Å²) >= 11 is 0. The number of H-pyrrole nitrogens is 1. The van der Waals surface area contributed by atoms with E-state index < -0.39 is 0 Å². The molecule has 1 saturated heterocycles. The fourth-order valence-electron chi connectivity index (χ4n) is 1.87. The first-order valence-electron chi connectivity index (χ1n) is 7.08. The molecule has 0 bridgehead atoms. The molecule has 0 saturated carbocycles. The summed E-state index contributed by atoms with van der Waals surface area (Å²) in [5, 5.41) is 12.8. The quantitative estimate of drug-likeness (QED) is 0.581. The van der Waals surface area contributed by atoms with Gasteiger partial charge in [-0.2, -0.15) is 5.10 Å². The average molecular weight is 293 g/mol. The smallest absolute Gasteiger partial charge is 0.227 e. The average Bonchev–Trinajstić information content (AvgIpc) is 2.67. The van der Waals surface area contributed by atoms with E-state index in [-0.39, 0.29) is 11.4 Å². The highest BCUT2D eigenvalue weighted by atomic mass is 16.5. The number of nitrogens with zero attached hydrogens (tertiary/aromatic N) is 2. The third-order valence-electron chi connectivity index (χ3n) is 2.84. The van der Waals surface area contributed by atoms with Crippen molar-refractivity contribution in [2.24, 2.45) is 10.9 Å². The first-order chi connectivity index (χ1) is 9.82. The van der Waals surface area contributed by atoms with Crippen molar-refractivity contribution in [3.05, 3.63) is 11.8 Å². The zero-order valence-corrected chi connectivity index (χ0v) is 13.0. The lowest BCUT2D eigenvalue weighted by Gasteiger charge is -2.25. The Kier molecular flexibility index (Phi) is 4.62. The number of carbonyl (C=O) groups is 1. The van der Waals surface area contributed by atoms with E-state index in [1.165, 1.54) is 0 Å². The van der Waals surface area contributed by atoms with Gasteiger partial charge in [-0.05, 0) is 27.7 Å². The molecule has 1 aliphatic rings. The van der Waals surface area contributed by atoms with E-state index >= 15 is 0 Å². The molecule has 2 rings (SSSR count). The molecule has 0 unspecified atom stereocenters. The van der Waals surface area contributed by atoms with Crippen molar-refractivity contribution >= 4 is 17.7 Å². The van der Waals surface area contributed by atoms with E-state index in [0.717, 1.165) is 5.69 Å². The number of nitrogens with one attached hydrogen (secondary N) is 3. The first-order valence-corrected chi connectivity index (χ1v) is 7.08. The summed E-state index contributed by atoms with van der Waals surface area (Å²) in [6, 6.07) is 1.85. The summed E-state index contributed by atoms with van der Waals surface area (Å²) in [4.78, 5) is 16.5. The molecule has 0 spiro atoms. The van der Waals surface area contributed by atoms with Gasteiger partial charge in [0.15, 0.2) is 5.82 Å². The van der Waals surface area contributed by atoms with Crippen molar-refractivity contribution in [2.45, 2.75) is 39.7 Å². The minimum Gasteiger partial charge on any atom is -0.381 e. The van der Waals surface area contributed by atoms with Gasteiger partial charge in [0.2, 0.25) is 11.9 Å². The third kappa shape index (κ3) is 5.18. The van der Waals surface area contributed by atoms with Gasteiger partial charge in [0.25, 0.3) is 0 Å². The number of ether oxygens (including phenoxy) is 1. The molecule has 0 aliphatic carbocycles. The number of guanidine groups is 1. The summed E-state index contributed by atoms with van der Waals surface area (Å²) < 4.78 is 5.08. The van der Waals surface area contributed by atoms with Gasteiger partial charge in [0.1, 0.15) is 0 Å². The number of hydrogen-bond donors (Lipinski definition) is 3. The van der Waals surface area contributed by atoms with Crippen molar-refractivity contribution in [3.63, 3.8) is 0 Å². The van der Waals surface area contributed by atoms with E-state index in [4.69, 9.17) is 4.74 Å². The van der Waals surface area contributed by atoms with Crippen LogP contribution in [0, 0.1) is 12.8 Å². The highest BCUT2D eigenvalue weighted by Crippen LogP contribution is 2.14. The highest BCUT2D eigenvalue weighted by Gasteiger charge is 2.22. The summed E-state index contributed by atoms with van der Waals surface area (Å²) in [7, 11) is 0. The van der Waals surface area contributed by atoms with Gasteiger partial charge in [-0.1, -0.05) is 0 Å². The van der Waals surface area contributed by atoms with Gasteiger partial charge in [-0.3, -0.25) is 15.2 Å². The van der Waals surface area contributed by atoms with Gasteiger partial charge in [-0.25, -0.2) is 4.99 Å². The van der Waals surface area contributed by atoms with Gasteiger partial charge in [0, 0.05) is 24.1 Å². The maximum absolute atomic E-state index is 12.0. The number of aryl methyl sites for hydroxylation is 1. The molecule has 21 heavy (non-hydrogen) atoms. The SMILES string of the molecule is Cc1cc(NC(=NC(C)(C)C)NC(=O)CC2COC2)n[nH]1. The number of aliphatic imine (C=N–C) groups is 1. The van der Waals surface area contributed by atoms with Crippen molar-refractivity contribution in [1.29, 1.82) is 0 Å². The molecule has 0 atom stereocenters. The van der Waals surface area contributed by atoms with Crippen LogP contribution in [-0.2, 0) is 9.53 Å². The van der Waals surface area contributed by atoms with E-state index in [0.29, 0.717) is 37.3 Å². The predicted octanol–water partition coefficient (Wildman–Crippen LogP) is 1.44. The zero-order valence-electron chi connectivity index (χ0n) is 13.0. The maximum Gasteiger partial charge on any atom is 0.227 e. The molecule has 7 nitrogen and oxygen atoms in total. The second-order valence-corrected chi connectivity index (χ2v) is 6.35. The van der Waals surface area contributed by atoms with Crippen LogP contribution in [0.1, 0.15) is 32.9 Å². The molecule has 1 fully saturated rings. The lowest BCUT2D eigenvalue weighted by molar-refractivity contribution is -0.125. The maximum atomic E-state index is 12.0. The number of carbonyl (C=O) groups excluding carboxylic acids is 1. The van der Waals surface area contributed by atoms with E-state index in [1.807, 2.05) is 33.8 Å². The van der Waals surface area contributed by atoms with Crippen LogP contribution in [0.2, 0.25) is 0 Å². The molecule has 2 heterocycles. The molecule has 0 aromatic carbocycles. The topological polar surface area (TPSA) is 91.4 Å². The van der Waals surface area contributed by atoms with Crippen LogP contribution < -0.4 is 10.6 Å². The monoisotopic (exact) mass is 293 g/mol. The Morgan fingerprint density at radius 2 is 2.24 bits per heavy atom. The van der Waals surface area contributed by atoms with E-state index in [2.05, 4.69) is 25.8 Å². The largest absolute Gasteiger partial charge is 0.381 e. The van der Waals surface area contributed by atoms with Gasteiger partial charge in [0.05, 0.1) is 18.8 Å². The van der Waals surface area contributed by atoms with Gasteiger partial charge < -0.3 is 10.1 Å². The minimum absolute atomic E-state index is 0.0638. The Labute approximate surface area is 124 Å². The van der Waals surface area contributed by atoms with Gasteiger partial charge in [-0.15, -0.1) is 0 Å². The normalized spacial score (nSPS) is 16.5. The van der Waals surface area contributed by atoms with E-state index in [1.54, 1.807) is 0 Å². The van der Waals surface area contributed by atoms with Crippen molar-refractivity contribution in [1.82, 2.24) is 15.5 Å². The number of aromatic amines is 1. The van der Waals surface area contributed by atoms with Crippen LogP contribution >= 0.6 is 0 Å². The van der Waals surface area contributed by atoms with Crippen molar-refractivity contribution in [2.75, 3.05) is 18.5 Å². The molecule has 1 amide bonds. The van der Waals surface area contributed by atoms with Crippen LogP contribution in [0.3, 0.4) is 0 Å². The summed E-state index contributed by atoms with van der Waals surface area (Å²) in [5.74, 6) is 1.29. The van der Waals surface area contributed by atoms with Crippen molar-refractivity contribution < 1.29 is 9.53 Å². The fraction of sp³-hybridized carbons (Fsp3) is 0.643. The molecule has 1 aromatic rings. The predicted molar refractivity (Wildman–Crippen MR) is 81.2 cm³/mol. The summed E-state index contributed by atoms with van der Waals surface area (Å²) in [5.41, 5.74) is 0.631. The Hall–Kier alpha value is -1.89. The number of anilines is 1. The van der Waals surface area contributed by atoms with Crippen molar-refractivity contribution in [3.8, 4) is 0 Å².